The summed E-state index contributed by atoms with van der Waals surface area (Å²) >= 11 is 0. The average molecular weight is 338 g/mol. The predicted octanol–water partition coefficient (Wildman–Crippen LogP) is 1.85. The zero-order chi connectivity index (χ0) is 16.8. The van der Waals surface area contributed by atoms with Crippen LogP contribution in [0.25, 0.3) is 0 Å². The fourth-order valence-electron chi connectivity index (χ4n) is 4.59. The molecule has 0 bridgehead atoms. The van der Waals surface area contributed by atoms with Gasteiger partial charge in [0.15, 0.2) is 0 Å². The molecule has 3 aliphatic rings. The predicted molar refractivity (Wildman–Crippen MR) is 95.7 cm³/mol. The van der Waals surface area contributed by atoms with Crippen LogP contribution >= 0.6 is 0 Å². The van der Waals surface area contributed by atoms with Gasteiger partial charge >= 0.3 is 0 Å². The van der Waals surface area contributed by atoms with Crippen LogP contribution in [0.2, 0.25) is 0 Å². The summed E-state index contributed by atoms with van der Waals surface area (Å²) in [6.45, 7) is 6.96. The minimum atomic E-state index is -0.328. The third-order valence-corrected chi connectivity index (χ3v) is 6.10. The largest absolute Gasteiger partial charge is 0.381 e. The van der Waals surface area contributed by atoms with Gasteiger partial charge in [0.05, 0.1) is 6.04 Å². The van der Waals surface area contributed by atoms with Gasteiger partial charge in [-0.05, 0) is 63.5 Å². The number of carbonyl (C=O) groups excluding carboxylic acids is 1. The summed E-state index contributed by atoms with van der Waals surface area (Å²) in [6, 6.07) is -0.328. The summed E-state index contributed by atoms with van der Waals surface area (Å²) in [7, 11) is 0. The SMILES string of the molecule is NC(C(=O)N1CCCC(CN2CCCCCC2)C1)C1CCOCC1. The maximum absolute atomic E-state index is 12.8. The van der Waals surface area contributed by atoms with Crippen molar-refractivity contribution in [3.8, 4) is 0 Å². The van der Waals surface area contributed by atoms with Gasteiger partial charge in [-0.3, -0.25) is 4.79 Å². The molecule has 2 N–H and O–H groups in total. The van der Waals surface area contributed by atoms with E-state index in [1.807, 2.05) is 0 Å². The van der Waals surface area contributed by atoms with E-state index in [0.29, 0.717) is 11.8 Å². The Bertz CT molecular complexity index is 390. The van der Waals surface area contributed by atoms with Crippen molar-refractivity contribution in [3.63, 3.8) is 0 Å². The second-order valence-corrected chi connectivity index (χ2v) is 7.98. The van der Waals surface area contributed by atoms with E-state index in [1.54, 1.807) is 0 Å². The highest BCUT2D eigenvalue weighted by Gasteiger charge is 2.32. The third kappa shape index (κ3) is 4.93. The number of ether oxygens (including phenoxy) is 1. The lowest BCUT2D eigenvalue weighted by molar-refractivity contribution is -0.136. The van der Waals surface area contributed by atoms with E-state index in [0.717, 1.165) is 52.1 Å². The molecule has 0 aliphatic carbocycles. The van der Waals surface area contributed by atoms with E-state index in [-0.39, 0.29) is 11.9 Å². The first kappa shape index (κ1) is 18.2. The zero-order valence-corrected chi connectivity index (χ0v) is 15.1. The van der Waals surface area contributed by atoms with Gasteiger partial charge in [0.1, 0.15) is 0 Å². The monoisotopic (exact) mass is 337 g/mol. The molecule has 2 unspecified atom stereocenters. The minimum Gasteiger partial charge on any atom is -0.381 e. The normalized spacial score (nSPS) is 29.2. The van der Waals surface area contributed by atoms with Gasteiger partial charge in [0.25, 0.3) is 0 Å². The van der Waals surface area contributed by atoms with Gasteiger partial charge in [-0.25, -0.2) is 0 Å². The number of nitrogens with zero attached hydrogens (tertiary/aromatic N) is 2. The summed E-state index contributed by atoms with van der Waals surface area (Å²) < 4.78 is 5.40. The number of carbonyl (C=O) groups is 1. The van der Waals surface area contributed by atoms with E-state index in [4.69, 9.17) is 10.5 Å². The maximum atomic E-state index is 12.8. The van der Waals surface area contributed by atoms with Crippen LogP contribution in [-0.4, -0.2) is 67.7 Å². The van der Waals surface area contributed by atoms with Crippen molar-refractivity contribution in [1.29, 1.82) is 0 Å². The Morgan fingerprint density at radius 2 is 1.71 bits per heavy atom. The Hall–Kier alpha value is -0.650. The van der Waals surface area contributed by atoms with Crippen LogP contribution in [0.15, 0.2) is 0 Å². The Balaban J connectivity index is 1.49. The summed E-state index contributed by atoms with van der Waals surface area (Å²) in [4.78, 5) is 17.5. The van der Waals surface area contributed by atoms with Gasteiger partial charge in [0, 0.05) is 32.8 Å². The molecule has 2 atom stereocenters. The standard InChI is InChI=1S/C19H35N3O2/c20-18(17-7-12-24-13-8-17)19(23)22-11-5-6-16(15-22)14-21-9-3-1-2-4-10-21/h16-18H,1-15,20H2. The molecular weight excluding hydrogens is 302 g/mol. The van der Waals surface area contributed by atoms with Crippen LogP contribution in [0.3, 0.4) is 0 Å². The molecule has 0 aromatic rings. The van der Waals surface area contributed by atoms with Crippen LogP contribution in [0, 0.1) is 11.8 Å². The molecule has 24 heavy (non-hydrogen) atoms. The van der Waals surface area contributed by atoms with Gasteiger partial charge in [0.2, 0.25) is 5.91 Å². The first-order valence-electron chi connectivity index (χ1n) is 10.1. The molecule has 0 aromatic carbocycles. The average Bonchev–Trinajstić information content (AvgIpc) is 2.90. The summed E-state index contributed by atoms with van der Waals surface area (Å²) in [5, 5.41) is 0. The summed E-state index contributed by atoms with van der Waals surface area (Å²) in [6.07, 6.45) is 9.68. The van der Waals surface area contributed by atoms with Crippen molar-refractivity contribution in [1.82, 2.24) is 9.80 Å². The Labute approximate surface area is 146 Å². The smallest absolute Gasteiger partial charge is 0.239 e. The fourth-order valence-corrected chi connectivity index (χ4v) is 4.59. The molecular formula is C19H35N3O2. The number of piperidine rings is 1. The van der Waals surface area contributed by atoms with Crippen molar-refractivity contribution in [2.45, 2.75) is 57.4 Å². The van der Waals surface area contributed by atoms with Gasteiger partial charge in [-0.2, -0.15) is 0 Å². The van der Waals surface area contributed by atoms with Crippen LogP contribution < -0.4 is 5.73 Å². The molecule has 3 saturated heterocycles. The van der Waals surface area contributed by atoms with E-state index in [2.05, 4.69) is 9.80 Å². The van der Waals surface area contributed by atoms with Crippen LogP contribution in [0.4, 0.5) is 0 Å². The summed E-state index contributed by atoms with van der Waals surface area (Å²) in [5.41, 5.74) is 6.32. The number of likely N-dealkylation sites (tertiary alicyclic amines) is 2. The Kier molecular flexibility index (Phi) is 6.93. The van der Waals surface area contributed by atoms with E-state index < -0.39 is 0 Å². The highest BCUT2D eigenvalue weighted by molar-refractivity contribution is 5.82. The molecule has 5 nitrogen and oxygen atoms in total. The third-order valence-electron chi connectivity index (χ3n) is 6.10. The first-order valence-corrected chi connectivity index (χ1v) is 10.1. The number of nitrogens with two attached hydrogens (primary N) is 1. The molecule has 0 radical (unpaired) electrons. The van der Waals surface area contributed by atoms with E-state index in [9.17, 15) is 4.79 Å². The molecule has 1 amide bonds. The number of hydrogen-bond acceptors (Lipinski definition) is 4. The molecule has 3 aliphatic heterocycles. The van der Waals surface area contributed by atoms with Crippen LogP contribution in [0.1, 0.15) is 51.4 Å². The zero-order valence-electron chi connectivity index (χ0n) is 15.1. The van der Waals surface area contributed by atoms with Gasteiger partial charge in [-0.15, -0.1) is 0 Å². The molecule has 138 valence electrons. The molecule has 0 aromatic heterocycles. The number of hydrogen-bond donors (Lipinski definition) is 1. The molecule has 3 fully saturated rings. The quantitative estimate of drug-likeness (QED) is 0.851. The maximum Gasteiger partial charge on any atom is 0.239 e. The highest BCUT2D eigenvalue weighted by atomic mass is 16.5. The second kappa shape index (κ2) is 9.16. The lowest BCUT2D eigenvalue weighted by Gasteiger charge is -2.38. The first-order chi connectivity index (χ1) is 11.7. The van der Waals surface area contributed by atoms with Crippen molar-refractivity contribution in [2.24, 2.45) is 17.6 Å². The van der Waals surface area contributed by atoms with E-state index in [1.165, 1.54) is 45.2 Å². The lowest BCUT2D eigenvalue weighted by atomic mass is 9.90. The number of rotatable bonds is 4. The van der Waals surface area contributed by atoms with Crippen molar-refractivity contribution < 1.29 is 9.53 Å². The fraction of sp³-hybridized carbons (Fsp3) is 0.947. The molecule has 3 rings (SSSR count). The molecule has 0 saturated carbocycles. The topological polar surface area (TPSA) is 58.8 Å². The Morgan fingerprint density at radius 3 is 2.42 bits per heavy atom. The van der Waals surface area contributed by atoms with Gasteiger partial charge < -0.3 is 20.3 Å². The van der Waals surface area contributed by atoms with Crippen LogP contribution in [-0.2, 0) is 9.53 Å². The Morgan fingerprint density at radius 1 is 1.00 bits per heavy atom. The highest BCUT2D eigenvalue weighted by Crippen LogP contribution is 2.23. The molecule has 3 heterocycles. The van der Waals surface area contributed by atoms with Crippen LogP contribution in [0.5, 0.6) is 0 Å². The molecule has 0 spiro atoms. The van der Waals surface area contributed by atoms with Crippen molar-refractivity contribution in [3.05, 3.63) is 0 Å². The van der Waals surface area contributed by atoms with E-state index >= 15 is 0 Å². The summed E-state index contributed by atoms with van der Waals surface area (Å²) in [5.74, 6) is 1.11. The second-order valence-electron chi connectivity index (χ2n) is 7.98. The lowest BCUT2D eigenvalue weighted by Crippen LogP contribution is -2.52. The number of amides is 1. The minimum absolute atomic E-state index is 0.183. The van der Waals surface area contributed by atoms with Gasteiger partial charge in [-0.1, -0.05) is 12.8 Å². The van der Waals surface area contributed by atoms with Crippen molar-refractivity contribution >= 4 is 5.91 Å². The molecule has 5 heteroatoms. The van der Waals surface area contributed by atoms with Crippen molar-refractivity contribution in [2.75, 3.05) is 45.9 Å².